The highest BCUT2D eigenvalue weighted by Crippen LogP contribution is 2.25. The van der Waals surface area contributed by atoms with Gasteiger partial charge >= 0.3 is 0 Å². The minimum Gasteiger partial charge on any atom is -0.494 e. The summed E-state index contributed by atoms with van der Waals surface area (Å²) in [6, 6.07) is 15.9. The van der Waals surface area contributed by atoms with Gasteiger partial charge in [-0.25, -0.2) is 4.98 Å². The van der Waals surface area contributed by atoms with Crippen molar-refractivity contribution >= 4 is 27.9 Å². The van der Waals surface area contributed by atoms with Gasteiger partial charge in [-0.2, -0.15) is 0 Å². The Morgan fingerprint density at radius 1 is 1.10 bits per heavy atom. The van der Waals surface area contributed by atoms with Gasteiger partial charge in [-0.15, -0.1) is 11.3 Å². The molecular formula is C23H23N3O2S. The van der Waals surface area contributed by atoms with E-state index in [1.54, 1.807) is 11.3 Å². The van der Waals surface area contributed by atoms with Crippen LogP contribution in [-0.2, 0) is 17.6 Å². The van der Waals surface area contributed by atoms with Gasteiger partial charge in [0.2, 0.25) is 5.91 Å². The molecule has 0 atom stereocenters. The predicted octanol–water partition coefficient (Wildman–Crippen LogP) is 5.21. The molecule has 0 spiro atoms. The normalized spacial score (nSPS) is 11.0. The topological polar surface area (TPSA) is 55.6 Å². The summed E-state index contributed by atoms with van der Waals surface area (Å²) in [4.78, 5) is 18.1. The van der Waals surface area contributed by atoms with Crippen molar-refractivity contribution in [2.45, 2.75) is 26.7 Å². The lowest BCUT2D eigenvalue weighted by Crippen LogP contribution is -2.15. The van der Waals surface area contributed by atoms with E-state index in [2.05, 4.69) is 36.5 Å². The second kappa shape index (κ2) is 8.49. The number of anilines is 1. The minimum absolute atomic E-state index is 0.0589. The van der Waals surface area contributed by atoms with E-state index in [1.807, 2.05) is 47.2 Å². The number of nitrogens with one attached hydrogen (secondary N) is 1. The molecule has 2 aromatic carbocycles. The highest BCUT2D eigenvalue weighted by Gasteiger charge is 2.13. The van der Waals surface area contributed by atoms with Gasteiger partial charge in [-0.3, -0.25) is 9.20 Å². The summed E-state index contributed by atoms with van der Waals surface area (Å²) >= 11 is 1.55. The highest BCUT2D eigenvalue weighted by molar-refractivity contribution is 7.15. The molecule has 6 heteroatoms. The molecule has 5 nitrogen and oxygen atoms in total. The van der Waals surface area contributed by atoms with Crippen molar-refractivity contribution in [3.05, 3.63) is 71.4 Å². The van der Waals surface area contributed by atoms with Crippen molar-refractivity contribution in [3.8, 4) is 17.0 Å². The fourth-order valence-electron chi connectivity index (χ4n) is 3.18. The van der Waals surface area contributed by atoms with Gasteiger partial charge in [-0.05, 0) is 43.2 Å². The molecule has 4 aromatic rings. The van der Waals surface area contributed by atoms with E-state index in [-0.39, 0.29) is 12.3 Å². The van der Waals surface area contributed by atoms with Crippen LogP contribution in [0.5, 0.6) is 5.75 Å². The fourth-order valence-corrected chi connectivity index (χ4v) is 4.05. The van der Waals surface area contributed by atoms with Crippen LogP contribution in [0, 0.1) is 0 Å². The number of nitrogens with zero attached hydrogens (tertiary/aromatic N) is 2. The first kappa shape index (κ1) is 19.2. The Labute approximate surface area is 174 Å². The van der Waals surface area contributed by atoms with Crippen molar-refractivity contribution < 1.29 is 9.53 Å². The first-order chi connectivity index (χ1) is 14.2. The lowest BCUT2D eigenvalue weighted by Gasteiger charge is -2.07. The molecule has 0 aliphatic carbocycles. The average Bonchev–Trinajstić information content (AvgIpc) is 3.32. The van der Waals surface area contributed by atoms with Crippen LogP contribution >= 0.6 is 11.3 Å². The lowest BCUT2D eigenvalue weighted by molar-refractivity contribution is -0.115. The Morgan fingerprint density at radius 2 is 1.86 bits per heavy atom. The van der Waals surface area contributed by atoms with Crippen molar-refractivity contribution in [1.29, 1.82) is 0 Å². The fraction of sp³-hybridized carbons (Fsp3) is 0.217. The molecule has 0 aliphatic heterocycles. The Balaban J connectivity index is 1.47. The largest absolute Gasteiger partial charge is 0.494 e. The summed E-state index contributed by atoms with van der Waals surface area (Å²) < 4.78 is 7.43. The maximum absolute atomic E-state index is 12.5. The van der Waals surface area contributed by atoms with Crippen LogP contribution in [0.4, 0.5) is 5.69 Å². The maximum atomic E-state index is 12.5. The van der Waals surface area contributed by atoms with Crippen LogP contribution in [-0.4, -0.2) is 21.9 Å². The van der Waals surface area contributed by atoms with E-state index >= 15 is 0 Å². The molecular weight excluding hydrogens is 382 g/mol. The molecule has 148 valence electrons. The first-order valence-corrected chi connectivity index (χ1v) is 10.6. The van der Waals surface area contributed by atoms with Crippen LogP contribution < -0.4 is 10.1 Å². The van der Waals surface area contributed by atoms with Gasteiger partial charge in [0.15, 0.2) is 4.96 Å². The van der Waals surface area contributed by atoms with Gasteiger partial charge in [0.25, 0.3) is 0 Å². The standard InChI is InChI=1S/C23H23N3O2S/c1-3-16-5-7-17(8-6-16)21-14-26-19(15-29-23(26)25-21)13-22(27)24-18-9-11-20(12-10-18)28-4-2/h5-12,14-15H,3-4,13H2,1-2H3,(H,24,27). The third-order valence-electron chi connectivity index (χ3n) is 4.73. The molecule has 0 fully saturated rings. The van der Waals surface area contributed by atoms with Crippen molar-refractivity contribution in [2.75, 3.05) is 11.9 Å². The van der Waals surface area contributed by atoms with Crippen molar-refractivity contribution in [1.82, 2.24) is 9.38 Å². The molecule has 2 aromatic heterocycles. The summed E-state index contributed by atoms with van der Waals surface area (Å²) in [5.41, 5.74) is 5.00. The van der Waals surface area contributed by atoms with Gasteiger partial charge in [0.1, 0.15) is 5.75 Å². The van der Waals surface area contributed by atoms with Gasteiger partial charge < -0.3 is 10.1 Å². The molecule has 1 N–H and O–H groups in total. The van der Waals surface area contributed by atoms with Crippen LogP contribution in [0.25, 0.3) is 16.2 Å². The number of amides is 1. The number of thiazole rings is 1. The third kappa shape index (κ3) is 4.32. The Kier molecular flexibility index (Phi) is 5.62. The smallest absolute Gasteiger partial charge is 0.230 e. The van der Waals surface area contributed by atoms with E-state index in [1.165, 1.54) is 5.56 Å². The minimum atomic E-state index is -0.0589. The summed E-state index contributed by atoms with van der Waals surface area (Å²) in [5.74, 6) is 0.736. The number of aromatic nitrogens is 2. The number of imidazole rings is 1. The first-order valence-electron chi connectivity index (χ1n) is 9.73. The number of aryl methyl sites for hydroxylation is 1. The summed E-state index contributed by atoms with van der Waals surface area (Å²) in [5, 5.41) is 4.93. The van der Waals surface area contributed by atoms with E-state index in [0.717, 1.165) is 39.8 Å². The van der Waals surface area contributed by atoms with Crippen LogP contribution in [0.15, 0.2) is 60.1 Å². The summed E-state index contributed by atoms with van der Waals surface area (Å²) in [6.45, 7) is 4.71. The quantitative estimate of drug-likeness (QED) is 0.459. The van der Waals surface area contributed by atoms with Crippen LogP contribution in [0.3, 0.4) is 0 Å². The number of ether oxygens (including phenoxy) is 1. The Morgan fingerprint density at radius 3 is 2.55 bits per heavy atom. The van der Waals surface area contributed by atoms with Crippen LogP contribution in [0.1, 0.15) is 25.1 Å². The van der Waals surface area contributed by atoms with Crippen molar-refractivity contribution in [3.63, 3.8) is 0 Å². The zero-order valence-corrected chi connectivity index (χ0v) is 17.3. The number of benzene rings is 2. The van der Waals surface area contributed by atoms with Crippen LogP contribution in [0.2, 0.25) is 0 Å². The number of fused-ring (bicyclic) bond motifs is 1. The molecule has 0 aliphatic rings. The van der Waals surface area contributed by atoms with Gasteiger partial charge in [0, 0.05) is 28.5 Å². The molecule has 0 bridgehead atoms. The Bertz CT molecular complexity index is 1110. The van der Waals surface area contributed by atoms with E-state index in [0.29, 0.717) is 6.61 Å². The number of hydrogen-bond acceptors (Lipinski definition) is 4. The van der Waals surface area contributed by atoms with E-state index in [9.17, 15) is 4.79 Å². The number of rotatable bonds is 7. The summed E-state index contributed by atoms with van der Waals surface area (Å²) in [6.07, 6.45) is 3.32. The van der Waals surface area contributed by atoms with Crippen molar-refractivity contribution in [2.24, 2.45) is 0 Å². The lowest BCUT2D eigenvalue weighted by atomic mass is 10.1. The molecule has 0 unspecified atom stereocenters. The molecule has 29 heavy (non-hydrogen) atoms. The molecule has 1 amide bonds. The number of carbonyl (C=O) groups excluding carboxylic acids is 1. The SMILES string of the molecule is CCOc1ccc(NC(=O)Cc2csc3nc(-c4ccc(CC)cc4)cn23)cc1. The molecule has 4 rings (SSSR count). The molecule has 2 heterocycles. The average molecular weight is 406 g/mol. The summed E-state index contributed by atoms with van der Waals surface area (Å²) in [7, 11) is 0. The van der Waals surface area contributed by atoms with E-state index in [4.69, 9.17) is 9.72 Å². The van der Waals surface area contributed by atoms with E-state index < -0.39 is 0 Å². The van der Waals surface area contributed by atoms with Gasteiger partial charge in [0.05, 0.1) is 18.7 Å². The highest BCUT2D eigenvalue weighted by atomic mass is 32.1. The van der Waals surface area contributed by atoms with Gasteiger partial charge in [-0.1, -0.05) is 31.2 Å². The molecule has 0 saturated carbocycles. The predicted molar refractivity (Wildman–Crippen MR) is 118 cm³/mol. The third-order valence-corrected chi connectivity index (χ3v) is 5.62. The number of hydrogen-bond donors (Lipinski definition) is 1. The Hall–Kier alpha value is -3.12. The zero-order valence-electron chi connectivity index (χ0n) is 16.5. The monoisotopic (exact) mass is 405 g/mol. The number of carbonyl (C=O) groups is 1. The molecule has 0 radical (unpaired) electrons. The molecule has 0 saturated heterocycles. The second-order valence-corrected chi connectivity index (χ2v) is 7.58. The zero-order chi connectivity index (χ0) is 20.2. The second-order valence-electron chi connectivity index (χ2n) is 6.74. The maximum Gasteiger partial charge on any atom is 0.230 e.